The largest absolute Gasteiger partial charge is 0.365 e. The first kappa shape index (κ1) is 8.92. The molecule has 0 fully saturated rings. The van der Waals surface area contributed by atoms with Gasteiger partial charge in [0.15, 0.2) is 0 Å². The van der Waals surface area contributed by atoms with Crippen molar-refractivity contribution in [3.63, 3.8) is 0 Å². The number of hydrogen-bond donors (Lipinski definition) is 1. The average molecular weight is 214 g/mol. The first-order valence-electron chi connectivity index (χ1n) is 4.07. The fraction of sp³-hybridized carbons (Fsp3) is 0.200. The van der Waals surface area contributed by atoms with Crippen LogP contribution in [0.25, 0.3) is 6.08 Å². The van der Waals surface area contributed by atoms with Crippen LogP contribution in [0, 0.1) is 0 Å². The quantitative estimate of drug-likeness (QED) is 0.558. The van der Waals surface area contributed by atoms with Gasteiger partial charge in [-0.15, -0.1) is 11.6 Å². The lowest BCUT2D eigenvalue weighted by Gasteiger charge is -2.22. The van der Waals surface area contributed by atoms with Crippen LogP contribution in [0.4, 0.5) is 5.69 Å². The van der Waals surface area contributed by atoms with Gasteiger partial charge in [-0.2, -0.15) is 0 Å². The number of nitrogens with one attached hydrogen (secondary N) is 1. The van der Waals surface area contributed by atoms with Gasteiger partial charge in [0.1, 0.15) is 5.50 Å². The molecule has 13 heavy (non-hydrogen) atoms. The van der Waals surface area contributed by atoms with Gasteiger partial charge in [-0.05, 0) is 23.3 Å². The second-order valence-corrected chi connectivity index (χ2v) is 3.65. The summed E-state index contributed by atoms with van der Waals surface area (Å²) in [5, 5.41) is 3.17. The van der Waals surface area contributed by atoms with Crippen LogP contribution in [0.1, 0.15) is 5.56 Å². The Hall–Kier alpha value is -0.660. The van der Waals surface area contributed by atoms with E-state index in [2.05, 4.69) is 5.32 Å². The summed E-state index contributed by atoms with van der Waals surface area (Å²) < 4.78 is 0. The van der Waals surface area contributed by atoms with Crippen LogP contribution in [0.2, 0.25) is 0 Å². The lowest BCUT2D eigenvalue weighted by Crippen LogP contribution is -2.20. The molecule has 0 amide bonds. The van der Waals surface area contributed by atoms with Crippen molar-refractivity contribution in [2.75, 3.05) is 11.2 Å². The third-order valence-corrected chi connectivity index (χ3v) is 2.76. The van der Waals surface area contributed by atoms with Crippen LogP contribution in [-0.2, 0) is 0 Å². The topological polar surface area (TPSA) is 12.0 Å². The van der Waals surface area contributed by atoms with E-state index in [1.807, 2.05) is 30.3 Å². The van der Waals surface area contributed by atoms with E-state index >= 15 is 0 Å². The Bertz CT molecular complexity index is 347. The van der Waals surface area contributed by atoms with E-state index in [1.165, 1.54) is 0 Å². The summed E-state index contributed by atoms with van der Waals surface area (Å²) >= 11 is 11.8. The molecule has 0 bridgehead atoms. The standard InChI is InChI=1S/C10H9Cl2N/c11-6-8-5-7-3-1-2-4-9(7)13-10(8)12/h1-5,10,13H,6H2. The van der Waals surface area contributed by atoms with Crippen molar-refractivity contribution in [2.24, 2.45) is 0 Å². The van der Waals surface area contributed by atoms with Crippen LogP contribution in [0.15, 0.2) is 29.8 Å². The molecule has 2 rings (SSSR count). The maximum Gasteiger partial charge on any atom is 0.124 e. The summed E-state index contributed by atoms with van der Waals surface area (Å²) in [6.07, 6.45) is 2.04. The van der Waals surface area contributed by atoms with Crippen LogP contribution >= 0.6 is 23.2 Å². The normalized spacial score (nSPS) is 20.2. The Morgan fingerprint density at radius 2 is 2.08 bits per heavy atom. The minimum Gasteiger partial charge on any atom is -0.365 e. The van der Waals surface area contributed by atoms with E-state index in [0.717, 1.165) is 16.8 Å². The summed E-state index contributed by atoms with van der Waals surface area (Å²) in [6, 6.07) is 8.02. The molecule has 1 unspecified atom stereocenters. The molecule has 68 valence electrons. The Morgan fingerprint density at radius 3 is 2.85 bits per heavy atom. The van der Waals surface area contributed by atoms with E-state index < -0.39 is 0 Å². The fourth-order valence-electron chi connectivity index (χ4n) is 1.36. The Kier molecular flexibility index (Phi) is 2.47. The van der Waals surface area contributed by atoms with Gasteiger partial charge in [-0.25, -0.2) is 0 Å². The first-order valence-corrected chi connectivity index (χ1v) is 5.04. The van der Waals surface area contributed by atoms with Gasteiger partial charge in [-0.1, -0.05) is 29.8 Å². The monoisotopic (exact) mass is 213 g/mol. The summed E-state index contributed by atoms with van der Waals surface area (Å²) in [7, 11) is 0. The number of para-hydroxylation sites is 1. The number of anilines is 1. The molecule has 1 heterocycles. The van der Waals surface area contributed by atoms with Crippen molar-refractivity contribution in [1.82, 2.24) is 0 Å². The third-order valence-electron chi connectivity index (χ3n) is 2.06. The van der Waals surface area contributed by atoms with Gasteiger partial charge in [0.25, 0.3) is 0 Å². The fourth-order valence-corrected chi connectivity index (χ4v) is 1.93. The predicted molar refractivity (Wildman–Crippen MR) is 58.4 cm³/mol. The second-order valence-electron chi connectivity index (χ2n) is 2.95. The smallest absolute Gasteiger partial charge is 0.124 e. The number of alkyl halides is 2. The molecule has 3 heteroatoms. The third kappa shape index (κ3) is 1.67. The Balaban J connectivity index is 2.44. The molecule has 1 aromatic rings. The molecule has 1 aromatic carbocycles. The number of fused-ring (bicyclic) bond motifs is 1. The number of hydrogen-bond acceptors (Lipinski definition) is 1. The van der Waals surface area contributed by atoms with E-state index in [-0.39, 0.29) is 5.50 Å². The van der Waals surface area contributed by atoms with Crippen molar-refractivity contribution in [3.05, 3.63) is 35.4 Å². The van der Waals surface area contributed by atoms with Gasteiger partial charge >= 0.3 is 0 Å². The molecular weight excluding hydrogens is 205 g/mol. The zero-order valence-electron chi connectivity index (χ0n) is 6.93. The number of benzene rings is 1. The van der Waals surface area contributed by atoms with E-state index in [4.69, 9.17) is 23.2 Å². The second kappa shape index (κ2) is 3.60. The van der Waals surface area contributed by atoms with Crippen LogP contribution in [0.3, 0.4) is 0 Å². The molecule has 1 nitrogen and oxygen atoms in total. The molecule has 1 N–H and O–H groups in total. The summed E-state index contributed by atoms with van der Waals surface area (Å²) in [6.45, 7) is 0. The average Bonchev–Trinajstić information content (AvgIpc) is 2.17. The number of rotatable bonds is 1. The highest BCUT2D eigenvalue weighted by atomic mass is 35.5. The van der Waals surface area contributed by atoms with E-state index in [9.17, 15) is 0 Å². The SMILES string of the molecule is ClCC1=Cc2ccccc2NC1Cl. The summed E-state index contributed by atoms with van der Waals surface area (Å²) in [5.41, 5.74) is 3.06. The zero-order valence-corrected chi connectivity index (χ0v) is 8.44. The minimum atomic E-state index is -0.174. The molecule has 1 atom stereocenters. The zero-order chi connectivity index (χ0) is 9.26. The highest BCUT2D eigenvalue weighted by Gasteiger charge is 2.16. The minimum absolute atomic E-state index is 0.174. The van der Waals surface area contributed by atoms with Crippen molar-refractivity contribution in [3.8, 4) is 0 Å². The van der Waals surface area contributed by atoms with Crippen molar-refractivity contribution >= 4 is 35.0 Å². The van der Waals surface area contributed by atoms with E-state index in [1.54, 1.807) is 0 Å². The van der Waals surface area contributed by atoms with Crippen molar-refractivity contribution < 1.29 is 0 Å². The molecule has 0 aliphatic carbocycles. The molecule has 1 aliphatic rings. The van der Waals surface area contributed by atoms with Gasteiger partial charge in [0.05, 0.1) is 0 Å². The van der Waals surface area contributed by atoms with Gasteiger partial charge in [0, 0.05) is 11.6 Å². The Labute approximate surface area is 87.4 Å². The van der Waals surface area contributed by atoms with Gasteiger partial charge in [0.2, 0.25) is 0 Å². The maximum atomic E-state index is 6.05. The van der Waals surface area contributed by atoms with Crippen LogP contribution in [0.5, 0.6) is 0 Å². The molecule has 0 saturated carbocycles. The van der Waals surface area contributed by atoms with Gasteiger partial charge < -0.3 is 5.32 Å². The Morgan fingerprint density at radius 1 is 1.31 bits per heavy atom. The lowest BCUT2D eigenvalue weighted by atomic mass is 10.1. The van der Waals surface area contributed by atoms with Crippen LogP contribution in [-0.4, -0.2) is 11.4 Å². The predicted octanol–water partition coefficient (Wildman–Crippen LogP) is 3.30. The van der Waals surface area contributed by atoms with Crippen LogP contribution < -0.4 is 5.32 Å². The maximum absolute atomic E-state index is 6.05. The number of halogens is 2. The molecule has 0 saturated heterocycles. The molecular formula is C10H9Cl2N. The molecule has 0 aromatic heterocycles. The first-order chi connectivity index (χ1) is 6.31. The van der Waals surface area contributed by atoms with Crippen molar-refractivity contribution in [1.29, 1.82) is 0 Å². The molecule has 0 radical (unpaired) electrons. The molecule has 1 aliphatic heterocycles. The molecule has 0 spiro atoms. The highest BCUT2D eigenvalue weighted by Crippen LogP contribution is 2.28. The summed E-state index contributed by atoms with van der Waals surface area (Å²) in [4.78, 5) is 0. The van der Waals surface area contributed by atoms with Crippen molar-refractivity contribution in [2.45, 2.75) is 5.50 Å². The highest BCUT2D eigenvalue weighted by molar-refractivity contribution is 6.27. The van der Waals surface area contributed by atoms with E-state index in [0.29, 0.717) is 5.88 Å². The van der Waals surface area contributed by atoms with Gasteiger partial charge in [-0.3, -0.25) is 0 Å². The summed E-state index contributed by atoms with van der Waals surface area (Å²) in [5.74, 6) is 0.468. The lowest BCUT2D eigenvalue weighted by molar-refractivity contribution is 1.11.